The van der Waals surface area contributed by atoms with E-state index in [1.165, 1.54) is 49.5 Å². The number of carbonyl (C=O) groups is 3. The molecule has 0 saturated carbocycles. The summed E-state index contributed by atoms with van der Waals surface area (Å²) in [6, 6.07) is 10.2. The van der Waals surface area contributed by atoms with Gasteiger partial charge in [-0.1, -0.05) is 11.8 Å². The van der Waals surface area contributed by atoms with Crippen molar-refractivity contribution < 1.29 is 23.2 Å². The molecular weight excluding hydrogens is 350 g/mol. The van der Waals surface area contributed by atoms with Gasteiger partial charge in [0, 0.05) is 23.2 Å². The van der Waals surface area contributed by atoms with Crippen molar-refractivity contribution in [2.24, 2.45) is 0 Å². The van der Waals surface area contributed by atoms with E-state index in [1.54, 1.807) is 0 Å². The lowest BCUT2D eigenvalue weighted by atomic mass is 10.1. The monoisotopic (exact) mass is 362 g/mol. The molecule has 1 aliphatic rings. The van der Waals surface area contributed by atoms with Crippen molar-refractivity contribution >= 4 is 35.2 Å². The van der Waals surface area contributed by atoms with Crippen LogP contribution in [0.4, 0.5) is 14.5 Å². The van der Waals surface area contributed by atoms with Crippen LogP contribution in [0, 0.1) is 0 Å². The number of carbonyl (C=O) groups excluding carboxylic acids is 3. The van der Waals surface area contributed by atoms with E-state index >= 15 is 0 Å². The van der Waals surface area contributed by atoms with Crippen LogP contribution in [0.15, 0.2) is 47.4 Å². The summed E-state index contributed by atoms with van der Waals surface area (Å²) in [5.74, 6) is -3.78. The summed E-state index contributed by atoms with van der Waals surface area (Å²) in [4.78, 5) is 37.4. The highest BCUT2D eigenvalue weighted by atomic mass is 32.2. The number of benzene rings is 2. The van der Waals surface area contributed by atoms with Gasteiger partial charge in [-0.15, -0.1) is 0 Å². The maximum Gasteiger partial charge on any atom is 0.288 e. The average Bonchev–Trinajstić information content (AvgIpc) is 2.79. The van der Waals surface area contributed by atoms with Crippen molar-refractivity contribution in [2.75, 3.05) is 12.4 Å². The minimum absolute atomic E-state index is 0.231. The molecule has 0 radical (unpaired) electrons. The Morgan fingerprint density at radius 1 is 1.04 bits per heavy atom. The molecule has 3 amide bonds. The van der Waals surface area contributed by atoms with Crippen LogP contribution in [0.1, 0.15) is 31.1 Å². The number of anilines is 1. The molecule has 2 aromatic rings. The van der Waals surface area contributed by atoms with Gasteiger partial charge in [-0.25, -0.2) is 0 Å². The van der Waals surface area contributed by atoms with Gasteiger partial charge < -0.3 is 5.32 Å². The van der Waals surface area contributed by atoms with E-state index in [9.17, 15) is 23.2 Å². The quantitative estimate of drug-likeness (QED) is 0.668. The SMILES string of the molecule is CN1C(=O)c2ccc(NC(=O)c3ccc(SC(F)F)cc3)cc2C1=O. The van der Waals surface area contributed by atoms with Gasteiger partial charge >= 0.3 is 0 Å². The number of nitrogens with zero attached hydrogens (tertiary/aromatic N) is 1. The molecule has 1 heterocycles. The zero-order chi connectivity index (χ0) is 18.1. The second-order valence-corrected chi connectivity index (χ2v) is 6.35. The number of rotatable bonds is 4. The topological polar surface area (TPSA) is 66.5 Å². The van der Waals surface area contributed by atoms with Gasteiger partial charge in [-0.05, 0) is 42.5 Å². The predicted octanol–water partition coefficient (Wildman–Crippen LogP) is 3.48. The second-order valence-electron chi connectivity index (χ2n) is 5.29. The van der Waals surface area contributed by atoms with E-state index < -0.39 is 17.6 Å². The Morgan fingerprint density at radius 2 is 1.68 bits per heavy atom. The zero-order valence-electron chi connectivity index (χ0n) is 13.0. The van der Waals surface area contributed by atoms with E-state index in [2.05, 4.69) is 5.32 Å². The zero-order valence-corrected chi connectivity index (χ0v) is 13.8. The first-order valence-electron chi connectivity index (χ1n) is 7.19. The molecule has 5 nitrogen and oxygen atoms in total. The molecule has 0 spiro atoms. The molecule has 0 fully saturated rings. The minimum atomic E-state index is -2.52. The number of alkyl halides is 2. The number of hydrogen-bond acceptors (Lipinski definition) is 4. The predicted molar refractivity (Wildman–Crippen MR) is 89.1 cm³/mol. The normalized spacial score (nSPS) is 13.4. The first kappa shape index (κ1) is 17.1. The first-order valence-corrected chi connectivity index (χ1v) is 8.07. The van der Waals surface area contributed by atoms with Crippen LogP contribution in [0.25, 0.3) is 0 Å². The fraction of sp³-hybridized carbons (Fsp3) is 0.118. The van der Waals surface area contributed by atoms with Gasteiger partial charge in [0.2, 0.25) is 0 Å². The lowest BCUT2D eigenvalue weighted by molar-refractivity contribution is 0.0692. The number of nitrogens with one attached hydrogen (secondary N) is 1. The highest BCUT2D eigenvalue weighted by Crippen LogP contribution is 2.26. The maximum atomic E-state index is 12.3. The summed E-state index contributed by atoms with van der Waals surface area (Å²) < 4.78 is 24.6. The summed E-state index contributed by atoms with van der Waals surface area (Å²) in [5.41, 5.74) is 1.18. The van der Waals surface area contributed by atoms with Gasteiger partial charge in [-0.3, -0.25) is 19.3 Å². The Labute approximate surface area is 146 Å². The summed E-state index contributed by atoms with van der Waals surface area (Å²) in [7, 11) is 1.39. The third-order valence-electron chi connectivity index (χ3n) is 3.69. The third-order valence-corrected chi connectivity index (χ3v) is 4.41. The summed E-state index contributed by atoms with van der Waals surface area (Å²) in [5, 5.41) is 2.62. The molecule has 25 heavy (non-hydrogen) atoms. The Hall–Kier alpha value is -2.74. The Kier molecular flexibility index (Phi) is 4.54. The molecule has 0 aromatic heterocycles. The fourth-order valence-electron chi connectivity index (χ4n) is 2.43. The fourth-order valence-corrected chi connectivity index (χ4v) is 2.93. The third kappa shape index (κ3) is 3.39. The van der Waals surface area contributed by atoms with Crippen molar-refractivity contribution in [3.05, 3.63) is 59.2 Å². The number of fused-ring (bicyclic) bond motifs is 1. The van der Waals surface area contributed by atoms with Crippen molar-refractivity contribution in [2.45, 2.75) is 10.7 Å². The Morgan fingerprint density at radius 3 is 2.32 bits per heavy atom. The van der Waals surface area contributed by atoms with E-state index in [1.807, 2.05) is 0 Å². The number of amides is 3. The number of halogens is 2. The van der Waals surface area contributed by atoms with Crippen LogP contribution in [-0.4, -0.2) is 35.4 Å². The van der Waals surface area contributed by atoms with Crippen LogP contribution < -0.4 is 5.32 Å². The van der Waals surface area contributed by atoms with Gasteiger partial charge in [0.1, 0.15) is 0 Å². The van der Waals surface area contributed by atoms with Crippen molar-refractivity contribution in [3.8, 4) is 0 Å². The molecule has 0 saturated heterocycles. The van der Waals surface area contributed by atoms with E-state index in [0.717, 1.165) is 4.90 Å². The van der Waals surface area contributed by atoms with E-state index in [0.29, 0.717) is 33.5 Å². The van der Waals surface area contributed by atoms with Crippen LogP contribution in [0.3, 0.4) is 0 Å². The van der Waals surface area contributed by atoms with Crippen molar-refractivity contribution in [1.29, 1.82) is 0 Å². The standard InChI is InChI=1S/C17H12F2N2O3S/c1-21-15(23)12-7-4-10(8-13(12)16(21)24)20-14(22)9-2-5-11(6-3-9)25-17(18)19/h2-8,17H,1H3,(H,20,22). The lowest BCUT2D eigenvalue weighted by Crippen LogP contribution is -2.24. The molecule has 0 bridgehead atoms. The largest absolute Gasteiger partial charge is 0.322 e. The summed E-state index contributed by atoms with van der Waals surface area (Å²) in [6.07, 6.45) is 0. The smallest absolute Gasteiger partial charge is 0.288 e. The van der Waals surface area contributed by atoms with E-state index in [4.69, 9.17) is 0 Å². The Bertz CT molecular complexity index is 869. The number of thioether (sulfide) groups is 1. The molecule has 1 aliphatic heterocycles. The van der Waals surface area contributed by atoms with Gasteiger partial charge in [-0.2, -0.15) is 8.78 Å². The van der Waals surface area contributed by atoms with Gasteiger partial charge in [0.05, 0.1) is 11.1 Å². The first-order chi connectivity index (χ1) is 11.9. The Balaban J connectivity index is 1.76. The molecular formula is C17H12F2N2O3S. The van der Waals surface area contributed by atoms with E-state index in [-0.39, 0.29) is 11.5 Å². The highest BCUT2D eigenvalue weighted by Gasteiger charge is 2.32. The molecule has 3 rings (SSSR count). The molecule has 128 valence electrons. The van der Waals surface area contributed by atoms with Crippen LogP contribution in [-0.2, 0) is 0 Å². The van der Waals surface area contributed by atoms with Crippen LogP contribution in [0.2, 0.25) is 0 Å². The molecule has 1 N–H and O–H groups in total. The molecule has 0 atom stereocenters. The molecule has 0 aliphatic carbocycles. The lowest BCUT2D eigenvalue weighted by Gasteiger charge is -2.07. The van der Waals surface area contributed by atoms with Gasteiger partial charge in [0.25, 0.3) is 23.5 Å². The number of hydrogen-bond donors (Lipinski definition) is 1. The molecule has 0 unspecified atom stereocenters. The van der Waals surface area contributed by atoms with Crippen molar-refractivity contribution in [1.82, 2.24) is 4.90 Å². The summed E-state index contributed by atoms with van der Waals surface area (Å²) >= 11 is 0.398. The summed E-state index contributed by atoms with van der Waals surface area (Å²) in [6.45, 7) is 0. The van der Waals surface area contributed by atoms with Crippen LogP contribution >= 0.6 is 11.8 Å². The minimum Gasteiger partial charge on any atom is -0.322 e. The van der Waals surface area contributed by atoms with Crippen LogP contribution in [0.5, 0.6) is 0 Å². The highest BCUT2D eigenvalue weighted by molar-refractivity contribution is 7.99. The second kappa shape index (κ2) is 6.64. The maximum absolute atomic E-state index is 12.3. The molecule has 2 aromatic carbocycles. The molecule has 8 heteroatoms. The van der Waals surface area contributed by atoms with Crippen molar-refractivity contribution in [3.63, 3.8) is 0 Å². The average molecular weight is 362 g/mol. The number of imide groups is 1. The van der Waals surface area contributed by atoms with Gasteiger partial charge in [0.15, 0.2) is 0 Å².